The maximum atomic E-state index is 15.1. The molecule has 0 aromatic heterocycles. The second-order valence-corrected chi connectivity index (χ2v) is 9.92. The zero-order valence-corrected chi connectivity index (χ0v) is 19.8. The number of hydrogen-bond donors (Lipinski definition) is 0. The molecule has 36 heavy (non-hydrogen) atoms. The van der Waals surface area contributed by atoms with Crippen molar-refractivity contribution in [2.45, 2.75) is 0 Å². The molecular formula is C29H19F3O3S. The fourth-order valence-corrected chi connectivity index (χ4v) is 4.63. The highest BCUT2D eigenvalue weighted by atomic mass is 32.2. The molecule has 180 valence electrons. The van der Waals surface area contributed by atoms with E-state index in [-0.39, 0.29) is 0 Å². The molecule has 3 nitrogen and oxygen atoms in total. The smallest absolute Gasteiger partial charge is 0.204 e. The van der Waals surface area contributed by atoms with E-state index < -0.39 is 21.8 Å². The minimum atomic E-state index is -3.83. The molecule has 7 heteroatoms. The van der Waals surface area contributed by atoms with E-state index in [2.05, 4.69) is 52.9 Å². The molecule has 0 radical (unpaired) electrons. The van der Waals surface area contributed by atoms with E-state index >= 15 is 4.39 Å². The second kappa shape index (κ2) is 9.26. The Morgan fingerprint density at radius 3 is 1.83 bits per heavy atom. The Hall–Kier alpha value is -3.94. The summed E-state index contributed by atoms with van der Waals surface area (Å²) in [6.45, 7) is 0. The molecule has 0 N–H and O–H groups in total. The van der Waals surface area contributed by atoms with E-state index in [0.717, 1.165) is 21.7 Å². The summed E-state index contributed by atoms with van der Waals surface area (Å²) < 4.78 is 60.9. The van der Waals surface area contributed by atoms with Gasteiger partial charge in [0.25, 0.3) is 10.1 Å². The summed E-state index contributed by atoms with van der Waals surface area (Å²) in [5, 5.41) is 6.90. The van der Waals surface area contributed by atoms with E-state index in [9.17, 15) is 17.3 Å². The Morgan fingerprint density at radius 2 is 1.19 bits per heavy atom. The van der Waals surface area contributed by atoms with Gasteiger partial charge in [-0.25, -0.2) is 8.78 Å². The molecule has 6 aromatic rings. The minimum absolute atomic E-state index is 0.297. The Labute approximate surface area is 205 Å². The van der Waals surface area contributed by atoms with Crippen LogP contribution in [0.4, 0.5) is 13.3 Å². The first-order valence-corrected chi connectivity index (χ1v) is 12.8. The molecule has 0 aliphatic heterocycles. The second-order valence-electron chi connectivity index (χ2n) is 8.39. The van der Waals surface area contributed by atoms with Crippen molar-refractivity contribution < 1.29 is 26.1 Å². The zero-order chi connectivity index (χ0) is 25.4. The molecule has 0 bridgehead atoms. The Balaban J connectivity index is 0.000000400. The topological polar surface area (TPSA) is 43.4 Å². The maximum Gasteiger partial charge on any atom is 0.295 e. The molecule has 0 amide bonds. The van der Waals surface area contributed by atoms with Crippen LogP contribution in [0.3, 0.4) is 0 Å². The van der Waals surface area contributed by atoms with Gasteiger partial charge in [0, 0.05) is 5.56 Å². The van der Waals surface area contributed by atoms with Gasteiger partial charge in [-0.15, -0.1) is 0 Å². The van der Waals surface area contributed by atoms with Gasteiger partial charge in [0.05, 0.1) is 6.26 Å². The van der Waals surface area contributed by atoms with Crippen LogP contribution in [0, 0.1) is 11.6 Å². The van der Waals surface area contributed by atoms with Crippen LogP contribution in [0.1, 0.15) is 0 Å². The van der Waals surface area contributed by atoms with Crippen LogP contribution in [0.25, 0.3) is 54.6 Å². The lowest BCUT2D eigenvalue weighted by atomic mass is 9.87. The van der Waals surface area contributed by atoms with Gasteiger partial charge in [-0.1, -0.05) is 95.4 Å². The molecule has 0 atom stereocenters. The third-order valence-electron chi connectivity index (χ3n) is 6.09. The van der Waals surface area contributed by atoms with Gasteiger partial charge in [-0.05, 0) is 59.6 Å². The predicted octanol–water partition coefficient (Wildman–Crippen LogP) is 8.04. The molecule has 0 saturated carbocycles. The molecule has 0 fully saturated rings. The van der Waals surface area contributed by atoms with Crippen molar-refractivity contribution in [3.8, 4) is 22.3 Å². The monoisotopic (exact) mass is 504 g/mol. The van der Waals surface area contributed by atoms with Gasteiger partial charge in [-0.3, -0.25) is 0 Å². The van der Waals surface area contributed by atoms with Crippen LogP contribution < -0.4 is 0 Å². The van der Waals surface area contributed by atoms with Gasteiger partial charge in [0.15, 0.2) is 11.6 Å². The van der Waals surface area contributed by atoms with E-state index in [4.69, 9.17) is 0 Å². The fourth-order valence-electron chi connectivity index (χ4n) is 4.63. The highest BCUT2D eigenvalue weighted by Crippen LogP contribution is 2.42. The largest absolute Gasteiger partial charge is 0.295 e. The number of hydrogen-bond acceptors (Lipinski definition) is 3. The average molecular weight is 505 g/mol. The molecule has 6 aromatic carbocycles. The highest BCUT2D eigenvalue weighted by molar-refractivity contribution is 7.85. The lowest BCUT2D eigenvalue weighted by Gasteiger charge is -2.17. The number of benzene rings is 6. The SMILES string of the molecule is CS(=O)(=O)OF.Fc1ccc(-c2ccc3ccc4cccc5ccc2c3c45)c(-c2ccccc2)c1F. The molecular weight excluding hydrogens is 485 g/mol. The lowest BCUT2D eigenvalue weighted by molar-refractivity contribution is 0.00420. The van der Waals surface area contributed by atoms with Crippen molar-refractivity contribution in [2.24, 2.45) is 0 Å². The van der Waals surface area contributed by atoms with Gasteiger partial charge < -0.3 is 0 Å². The molecule has 0 heterocycles. The van der Waals surface area contributed by atoms with E-state index in [1.807, 2.05) is 36.4 Å². The Bertz CT molecular complexity index is 1800. The third kappa shape index (κ3) is 4.27. The zero-order valence-electron chi connectivity index (χ0n) is 19.0. The van der Waals surface area contributed by atoms with Gasteiger partial charge in [-0.2, -0.15) is 8.42 Å². The summed E-state index contributed by atoms with van der Waals surface area (Å²) in [5.41, 5.74) is 2.55. The summed E-state index contributed by atoms with van der Waals surface area (Å²) in [6.07, 6.45) is 0.618. The maximum absolute atomic E-state index is 15.1. The van der Waals surface area contributed by atoms with Crippen LogP contribution >= 0.6 is 0 Å². The fraction of sp³-hybridized carbons (Fsp3) is 0.0345. The van der Waals surface area contributed by atoms with Crippen LogP contribution in [0.15, 0.2) is 97.1 Å². The molecule has 0 unspecified atom stereocenters. The summed E-state index contributed by atoms with van der Waals surface area (Å²) in [7, 11) is -3.83. The number of halogens is 3. The number of rotatable bonds is 3. The lowest BCUT2D eigenvalue weighted by Crippen LogP contribution is -1.95. The van der Waals surface area contributed by atoms with Crippen LogP contribution in [0.2, 0.25) is 0 Å². The molecule has 0 aliphatic carbocycles. The first-order valence-electron chi connectivity index (χ1n) is 11.0. The van der Waals surface area contributed by atoms with E-state index in [1.54, 1.807) is 6.07 Å². The molecule has 0 saturated heterocycles. The van der Waals surface area contributed by atoms with Crippen molar-refractivity contribution in [1.82, 2.24) is 0 Å². The van der Waals surface area contributed by atoms with Crippen LogP contribution in [-0.4, -0.2) is 14.7 Å². The Kier molecular flexibility index (Phi) is 6.12. The van der Waals surface area contributed by atoms with Crippen molar-refractivity contribution in [2.75, 3.05) is 6.26 Å². The quantitative estimate of drug-likeness (QED) is 0.229. The van der Waals surface area contributed by atoms with Crippen molar-refractivity contribution in [3.63, 3.8) is 0 Å². The predicted molar refractivity (Wildman–Crippen MR) is 138 cm³/mol. The summed E-state index contributed by atoms with van der Waals surface area (Å²) >= 11 is 0. The molecule has 0 aliphatic rings. The standard InChI is InChI=1S/C28H16F2.CH3FO3S/c29-24-16-15-23(27(28(24)30)17-5-2-1-3-6-17)21-13-11-20-10-9-18-7-4-8-19-12-14-22(21)26(20)25(18)19;1-6(3,4)5-2/h1-16H;1H3. The summed E-state index contributed by atoms with van der Waals surface area (Å²) in [4.78, 5) is 0. The van der Waals surface area contributed by atoms with Crippen LogP contribution in [-0.2, 0) is 14.5 Å². The molecule has 6 rings (SSSR count). The Morgan fingerprint density at radius 1 is 0.639 bits per heavy atom. The average Bonchev–Trinajstić information content (AvgIpc) is 2.89. The first-order chi connectivity index (χ1) is 17.3. The van der Waals surface area contributed by atoms with Crippen molar-refractivity contribution >= 4 is 42.4 Å². The van der Waals surface area contributed by atoms with Crippen molar-refractivity contribution in [1.29, 1.82) is 0 Å². The molecule has 0 spiro atoms. The minimum Gasteiger partial charge on any atom is -0.204 e. The van der Waals surface area contributed by atoms with E-state index in [0.29, 0.717) is 22.9 Å². The normalized spacial score (nSPS) is 11.7. The third-order valence-corrected chi connectivity index (χ3v) is 6.32. The van der Waals surface area contributed by atoms with Gasteiger partial charge >= 0.3 is 0 Å². The van der Waals surface area contributed by atoms with E-state index in [1.165, 1.54) is 22.2 Å². The first kappa shape index (κ1) is 23.8. The van der Waals surface area contributed by atoms with Crippen molar-refractivity contribution in [3.05, 3.63) is 109 Å². The summed E-state index contributed by atoms with van der Waals surface area (Å²) in [5.74, 6) is -1.65. The summed E-state index contributed by atoms with van der Waals surface area (Å²) in [6, 6.07) is 30.9. The highest BCUT2D eigenvalue weighted by Gasteiger charge is 2.19. The van der Waals surface area contributed by atoms with Gasteiger partial charge in [0.1, 0.15) is 0 Å². The van der Waals surface area contributed by atoms with Crippen LogP contribution in [0.5, 0.6) is 0 Å². The van der Waals surface area contributed by atoms with Gasteiger partial charge in [0.2, 0.25) is 0 Å².